The Hall–Kier alpha value is -3.75. The molecule has 1 aromatic heterocycles. The highest BCUT2D eigenvalue weighted by Crippen LogP contribution is 2.39. The molecule has 2 aromatic carbocycles. The molecule has 8 nitrogen and oxygen atoms in total. The van der Waals surface area contributed by atoms with Crippen molar-refractivity contribution in [3.05, 3.63) is 100 Å². The van der Waals surface area contributed by atoms with Crippen molar-refractivity contribution in [3.8, 4) is 0 Å². The molecule has 38 heavy (non-hydrogen) atoms. The van der Waals surface area contributed by atoms with Gasteiger partial charge in [0.1, 0.15) is 11.8 Å². The van der Waals surface area contributed by atoms with E-state index in [1.165, 1.54) is 0 Å². The zero-order valence-electron chi connectivity index (χ0n) is 21.1. The first-order valence-corrected chi connectivity index (χ1v) is 13.0. The molecule has 3 heterocycles. The van der Waals surface area contributed by atoms with Crippen molar-refractivity contribution in [3.63, 3.8) is 0 Å². The maximum Gasteiger partial charge on any atom is 0.256 e. The first-order valence-electron chi connectivity index (χ1n) is 12.6. The highest BCUT2D eigenvalue weighted by Gasteiger charge is 2.54. The Kier molecular flexibility index (Phi) is 7.44. The lowest BCUT2D eigenvalue weighted by Gasteiger charge is -2.44. The van der Waals surface area contributed by atoms with E-state index < -0.39 is 11.8 Å². The number of carbonyl (C=O) groups is 3. The number of rotatable bonds is 5. The fraction of sp³-hybridized carbons (Fsp3) is 0.310. The third kappa shape index (κ3) is 5.14. The van der Waals surface area contributed by atoms with E-state index in [0.717, 1.165) is 11.1 Å². The number of aryl methyl sites for hydroxylation is 1. The molecule has 2 aliphatic heterocycles. The van der Waals surface area contributed by atoms with E-state index in [0.29, 0.717) is 48.6 Å². The molecular weight excluding hydrogens is 504 g/mol. The highest BCUT2D eigenvalue weighted by atomic mass is 35.5. The van der Waals surface area contributed by atoms with Crippen LogP contribution in [0.25, 0.3) is 0 Å². The first kappa shape index (κ1) is 25.9. The summed E-state index contributed by atoms with van der Waals surface area (Å²) >= 11 is 6.26. The molecule has 3 aromatic rings. The van der Waals surface area contributed by atoms with Gasteiger partial charge in [0.2, 0.25) is 5.91 Å². The molecule has 0 radical (unpaired) electrons. The van der Waals surface area contributed by atoms with Crippen LogP contribution in [-0.2, 0) is 16.1 Å². The van der Waals surface area contributed by atoms with E-state index in [9.17, 15) is 14.4 Å². The van der Waals surface area contributed by atoms with Crippen molar-refractivity contribution in [2.24, 2.45) is 0 Å². The summed E-state index contributed by atoms with van der Waals surface area (Å²) < 4.78 is 6.28. The van der Waals surface area contributed by atoms with Gasteiger partial charge in [0.25, 0.3) is 11.8 Å². The standard InChI is InChI=1S/C29H29ClN4O4/c1-20-5-4-6-22(17-20)27(36)34-25(26(35)32-18-21-9-13-31-14-10-21)19-38-29(34)11-15-33(16-12-29)28(37)23-7-2-3-8-24(23)30/h2-10,13-14,17,25H,11-12,15-16,18-19H2,1H3,(H,32,35)/t25-/m0/s1. The number of nitrogens with one attached hydrogen (secondary N) is 1. The normalized spacial score (nSPS) is 18.4. The van der Waals surface area contributed by atoms with Crippen LogP contribution in [0.4, 0.5) is 0 Å². The summed E-state index contributed by atoms with van der Waals surface area (Å²) in [6.45, 7) is 3.06. The van der Waals surface area contributed by atoms with Gasteiger partial charge in [0, 0.05) is 50.4 Å². The minimum atomic E-state index is -0.989. The van der Waals surface area contributed by atoms with Gasteiger partial charge in [0.05, 0.1) is 17.2 Å². The second kappa shape index (κ2) is 10.9. The lowest BCUT2D eigenvalue weighted by molar-refractivity contribution is -0.128. The molecule has 2 fully saturated rings. The molecule has 1 spiro atoms. The quantitative estimate of drug-likeness (QED) is 0.539. The van der Waals surface area contributed by atoms with Crippen molar-refractivity contribution in [1.82, 2.24) is 20.1 Å². The number of benzene rings is 2. The Labute approximate surface area is 226 Å². The number of nitrogens with zero attached hydrogens (tertiary/aromatic N) is 3. The number of halogens is 1. The molecule has 0 aliphatic carbocycles. The summed E-state index contributed by atoms with van der Waals surface area (Å²) in [5.74, 6) is -0.706. The summed E-state index contributed by atoms with van der Waals surface area (Å²) in [5.41, 5.74) is 1.81. The van der Waals surface area contributed by atoms with Crippen LogP contribution in [0.3, 0.4) is 0 Å². The lowest BCUT2D eigenvalue weighted by atomic mass is 9.95. The molecule has 0 bridgehead atoms. The largest absolute Gasteiger partial charge is 0.353 e. The van der Waals surface area contributed by atoms with Crippen molar-refractivity contribution in [2.45, 2.75) is 38.1 Å². The van der Waals surface area contributed by atoms with E-state index in [-0.39, 0.29) is 24.3 Å². The number of piperidine rings is 1. The number of aromatic nitrogens is 1. The van der Waals surface area contributed by atoms with Gasteiger partial charge in [-0.05, 0) is 48.9 Å². The second-order valence-corrected chi connectivity index (χ2v) is 10.1. The van der Waals surface area contributed by atoms with Gasteiger partial charge in [0.15, 0.2) is 0 Å². The number of hydrogen-bond acceptors (Lipinski definition) is 5. The minimum absolute atomic E-state index is 0.0815. The maximum absolute atomic E-state index is 13.9. The van der Waals surface area contributed by atoms with Gasteiger partial charge in [-0.25, -0.2) is 0 Å². The number of ether oxygens (including phenoxy) is 1. The number of hydrogen-bond donors (Lipinski definition) is 1. The highest BCUT2D eigenvalue weighted by molar-refractivity contribution is 6.33. The fourth-order valence-corrected chi connectivity index (χ4v) is 5.37. The van der Waals surface area contributed by atoms with Crippen LogP contribution in [0.5, 0.6) is 0 Å². The summed E-state index contributed by atoms with van der Waals surface area (Å²) in [6, 6.07) is 17.1. The topological polar surface area (TPSA) is 91.8 Å². The average Bonchev–Trinajstić information content (AvgIpc) is 3.30. The Morgan fingerprint density at radius 2 is 1.76 bits per heavy atom. The molecule has 9 heteroatoms. The van der Waals surface area contributed by atoms with Gasteiger partial charge in [-0.2, -0.15) is 0 Å². The van der Waals surface area contributed by atoms with Gasteiger partial charge in [-0.15, -0.1) is 0 Å². The number of likely N-dealkylation sites (tertiary alicyclic amines) is 1. The van der Waals surface area contributed by atoms with Crippen molar-refractivity contribution in [2.75, 3.05) is 19.7 Å². The smallest absolute Gasteiger partial charge is 0.256 e. The molecular formula is C29H29ClN4O4. The molecule has 0 unspecified atom stereocenters. The average molecular weight is 533 g/mol. The summed E-state index contributed by atoms with van der Waals surface area (Å²) in [5, 5.41) is 3.35. The number of amides is 3. The van der Waals surface area contributed by atoms with Crippen molar-refractivity contribution >= 4 is 29.3 Å². The van der Waals surface area contributed by atoms with Gasteiger partial charge < -0.3 is 15.0 Å². The molecule has 1 N–H and O–H groups in total. The monoisotopic (exact) mass is 532 g/mol. The zero-order chi connectivity index (χ0) is 26.7. The zero-order valence-corrected chi connectivity index (χ0v) is 21.9. The van der Waals surface area contributed by atoms with E-state index in [1.807, 2.05) is 37.3 Å². The maximum atomic E-state index is 13.9. The van der Waals surface area contributed by atoms with Crippen LogP contribution < -0.4 is 5.32 Å². The number of carbonyl (C=O) groups excluding carboxylic acids is 3. The summed E-state index contributed by atoms with van der Waals surface area (Å²) in [6.07, 6.45) is 4.10. The predicted octanol–water partition coefficient (Wildman–Crippen LogP) is 3.83. The van der Waals surface area contributed by atoms with Crippen LogP contribution in [0, 0.1) is 6.92 Å². The second-order valence-electron chi connectivity index (χ2n) is 9.66. The lowest BCUT2D eigenvalue weighted by Crippen LogP contribution is -2.59. The molecule has 196 valence electrons. The molecule has 5 rings (SSSR count). The summed E-state index contributed by atoms with van der Waals surface area (Å²) in [4.78, 5) is 47.7. The van der Waals surface area contributed by atoms with Gasteiger partial charge in [-0.1, -0.05) is 41.4 Å². The SMILES string of the molecule is Cc1cccc(C(=O)N2[C@H](C(=O)NCc3ccncc3)COC23CCN(C(=O)c2ccccc2Cl)CC3)c1. The Morgan fingerprint density at radius 3 is 2.47 bits per heavy atom. The van der Waals surface area contributed by atoms with E-state index >= 15 is 0 Å². The van der Waals surface area contributed by atoms with Crippen LogP contribution >= 0.6 is 11.6 Å². The third-order valence-corrected chi connectivity index (χ3v) is 7.53. The Balaban J connectivity index is 1.37. The molecule has 1 atom stereocenters. The van der Waals surface area contributed by atoms with Gasteiger partial charge in [-0.3, -0.25) is 24.3 Å². The Bertz CT molecular complexity index is 1340. The molecule has 2 aliphatic rings. The van der Waals surface area contributed by atoms with Crippen LogP contribution in [0.1, 0.15) is 44.7 Å². The van der Waals surface area contributed by atoms with Crippen molar-refractivity contribution < 1.29 is 19.1 Å². The predicted molar refractivity (Wildman–Crippen MR) is 142 cm³/mol. The Morgan fingerprint density at radius 1 is 1.03 bits per heavy atom. The van der Waals surface area contributed by atoms with Crippen LogP contribution in [0.15, 0.2) is 73.1 Å². The third-order valence-electron chi connectivity index (χ3n) is 7.20. The van der Waals surface area contributed by atoms with Crippen LogP contribution in [0.2, 0.25) is 5.02 Å². The molecule has 3 amide bonds. The first-order chi connectivity index (χ1) is 18.4. The van der Waals surface area contributed by atoms with Crippen LogP contribution in [-0.4, -0.2) is 64.0 Å². The molecule has 2 saturated heterocycles. The summed E-state index contributed by atoms with van der Waals surface area (Å²) in [7, 11) is 0. The van der Waals surface area contributed by atoms with Gasteiger partial charge >= 0.3 is 0 Å². The molecule has 0 saturated carbocycles. The van der Waals surface area contributed by atoms with Crippen molar-refractivity contribution in [1.29, 1.82) is 0 Å². The fourth-order valence-electron chi connectivity index (χ4n) is 5.16. The van der Waals surface area contributed by atoms with E-state index in [4.69, 9.17) is 16.3 Å². The number of pyridine rings is 1. The van der Waals surface area contributed by atoms with E-state index in [2.05, 4.69) is 10.3 Å². The van der Waals surface area contributed by atoms with E-state index in [1.54, 1.807) is 52.5 Å². The minimum Gasteiger partial charge on any atom is -0.353 e.